The molecule has 0 unspecified atom stereocenters. The molecule has 3 aromatic rings. The van der Waals surface area contributed by atoms with Gasteiger partial charge in [-0.1, -0.05) is 25.1 Å². The molecule has 2 aromatic carbocycles. The lowest BCUT2D eigenvalue weighted by molar-refractivity contribution is 0.292. The molecule has 0 amide bonds. The van der Waals surface area contributed by atoms with Crippen LogP contribution in [0.3, 0.4) is 0 Å². The van der Waals surface area contributed by atoms with Gasteiger partial charge in [0, 0.05) is 13.3 Å². The molecular weight excluding hydrogens is 434 g/mol. The van der Waals surface area contributed by atoms with E-state index in [1.807, 2.05) is 68.0 Å². The van der Waals surface area contributed by atoms with Crippen LogP contribution in [0, 0.1) is 6.92 Å². The third-order valence-corrected chi connectivity index (χ3v) is 5.16. The van der Waals surface area contributed by atoms with Gasteiger partial charge in [0.05, 0.1) is 29.6 Å². The first kappa shape index (κ1) is 20.9. The normalized spacial score (nSPS) is 11.2. The topological polar surface area (TPSA) is 57.8 Å². The highest BCUT2D eigenvalue weighted by Gasteiger charge is 2.15. The highest BCUT2D eigenvalue weighted by molar-refractivity contribution is 9.10. The van der Waals surface area contributed by atoms with Gasteiger partial charge < -0.3 is 9.47 Å². The summed E-state index contributed by atoms with van der Waals surface area (Å²) >= 11 is 3.53. The molecule has 6 nitrogen and oxygen atoms in total. The molecule has 0 aliphatic carbocycles. The van der Waals surface area contributed by atoms with E-state index in [0.717, 1.165) is 27.8 Å². The Hall–Kier alpha value is -2.80. The molecule has 0 radical (unpaired) electrons. The maximum atomic E-state index is 13.0. The molecule has 29 heavy (non-hydrogen) atoms. The molecule has 0 spiro atoms. The molecule has 0 bridgehead atoms. The predicted molar refractivity (Wildman–Crippen MR) is 119 cm³/mol. The van der Waals surface area contributed by atoms with Crippen molar-refractivity contribution in [3.8, 4) is 17.2 Å². The lowest BCUT2D eigenvalue weighted by atomic mass is 10.2. The third-order valence-electron chi connectivity index (χ3n) is 4.57. The number of hydrogen-bond donors (Lipinski definition) is 0. The van der Waals surface area contributed by atoms with E-state index < -0.39 is 0 Å². The van der Waals surface area contributed by atoms with Crippen LogP contribution in [0.2, 0.25) is 0 Å². The third kappa shape index (κ3) is 4.29. The molecule has 0 saturated carbocycles. The highest BCUT2D eigenvalue weighted by Crippen LogP contribution is 2.36. The number of ether oxygens (including phenoxy) is 2. The second kappa shape index (κ2) is 9.13. The summed E-state index contributed by atoms with van der Waals surface area (Å²) in [5.41, 5.74) is 2.61. The molecule has 3 rings (SSSR count). The van der Waals surface area contributed by atoms with Crippen LogP contribution >= 0.6 is 15.9 Å². The summed E-state index contributed by atoms with van der Waals surface area (Å²) in [6, 6.07) is 13.2. The summed E-state index contributed by atoms with van der Waals surface area (Å²) in [4.78, 5) is 17.5. The van der Waals surface area contributed by atoms with Gasteiger partial charge in [-0.15, -0.1) is 0 Å². The molecule has 7 heteroatoms. The number of nitrogens with zero attached hydrogens (tertiary/aromatic N) is 3. The fourth-order valence-electron chi connectivity index (χ4n) is 3.00. The van der Waals surface area contributed by atoms with E-state index in [1.165, 1.54) is 0 Å². The van der Waals surface area contributed by atoms with E-state index in [-0.39, 0.29) is 5.56 Å². The number of benzene rings is 2. The zero-order valence-electron chi connectivity index (χ0n) is 17.0. The first-order valence-corrected chi connectivity index (χ1v) is 10.2. The van der Waals surface area contributed by atoms with Crippen molar-refractivity contribution >= 4 is 27.8 Å². The summed E-state index contributed by atoms with van der Waals surface area (Å²) in [6.07, 6.45) is 2.57. The summed E-state index contributed by atoms with van der Waals surface area (Å²) in [6.45, 7) is 4.53. The predicted octanol–water partition coefficient (Wildman–Crippen LogP) is 4.79. The Bertz CT molecular complexity index is 1080. The number of rotatable bonds is 7. The van der Waals surface area contributed by atoms with Crippen molar-refractivity contribution in [2.75, 3.05) is 13.7 Å². The van der Waals surface area contributed by atoms with Gasteiger partial charge in [-0.05, 0) is 59.1 Å². The van der Waals surface area contributed by atoms with Gasteiger partial charge >= 0.3 is 0 Å². The van der Waals surface area contributed by atoms with E-state index in [0.29, 0.717) is 23.8 Å². The van der Waals surface area contributed by atoms with Gasteiger partial charge in [0.2, 0.25) is 0 Å². The van der Waals surface area contributed by atoms with Gasteiger partial charge in [0.1, 0.15) is 0 Å². The van der Waals surface area contributed by atoms with Gasteiger partial charge in [0.15, 0.2) is 17.2 Å². The van der Waals surface area contributed by atoms with Crippen LogP contribution in [-0.2, 0) is 7.05 Å². The molecule has 0 aliphatic rings. The molecule has 152 valence electrons. The minimum absolute atomic E-state index is 0.165. The van der Waals surface area contributed by atoms with E-state index in [1.54, 1.807) is 18.0 Å². The maximum Gasteiger partial charge on any atom is 0.297 e. The maximum absolute atomic E-state index is 13.0. The standard InChI is InChI=1S/C22H24BrN3O3/c1-5-11-29-21-18(23)12-16(13-19(21)28-4)14-24-20-15(2)25(3)26(22(20)27)17-9-7-6-8-10-17/h6-10,12-14H,5,11H2,1-4H3. The molecule has 0 saturated heterocycles. The van der Waals surface area contributed by atoms with Gasteiger partial charge in [-0.2, -0.15) is 0 Å². The molecule has 0 fully saturated rings. The van der Waals surface area contributed by atoms with E-state index in [9.17, 15) is 4.79 Å². The summed E-state index contributed by atoms with van der Waals surface area (Å²) in [7, 11) is 3.45. The van der Waals surface area contributed by atoms with Crippen LogP contribution in [0.1, 0.15) is 24.6 Å². The lowest BCUT2D eigenvalue weighted by Crippen LogP contribution is -2.19. The second-order valence-electron chi connectivity index (χ2n) is 6.55. The lowest BCUT2D eigenvalue weighted by Gasteiger charge is -2.12. The number of para-hydroxylation sites is 1. The fourth-order valence-corrected chi connectivity index (χ4v) is 3.57. The Kier molecular flexibility index (Phi) is 6.59. The average Bonchev–Trinajstić information content (AvgIpc) is 2.94. The second-order valence-corrected chi connectivity index (χ2v) is 7.41. The van der Waals surface area contributed by atoms with Gasteiger partial charge in [0.25, 0.3) is 5.56 Å². The van der Waals surface area contributed by atoms with Crippen molar-refractivity contribution in [3.63, 3.8) is 0 Å². The zero-order valence-corrected chi connectivity index (χ0v) is 18.6. The Morgan fingerprint density at radius 2 is 1.93 bits per heavy atom. The minimum Gasteiger partial charge on any atom is -0.493 e. The van der Waals surface area contributed by atoms with Gasteiger partial charge in [-0.25, -0.2) is 9.67 Å². The number of hydrogen-bond acceptors (Lipinski definition) is 4. The van der Waals surface area contributed by atoms with Crippen molar-refractivity contribution in [2.45, 2.75) is 20.3 Å². The van der Waals surface area contributed by atoms with Crippen LogP contribution in [0.15, 0.2) is 56.7 Å². The molecule has 1 heterocycles. The number of halogens is 1. The minimum atomic E-state index is -0.165. The van der Waals surface area contributed by atoms with Crippen molar-refractivity contribution in [2.24, 2.45) is 12.0 Å². The molecule has 0 N–H and O–H groups in total. The summed E-state index contributed by atoms with van der Waals surface area (Å²) in [5, 5.41) is 0. The van der Waals surface area contributed by atoms with E-state index in [2.05, 4.69) is 20.9 Å². The molecule has 0 atom stereocenters. The van der Waals surface area contributed by atoms with Crippen LogP contribution in [-0.4, -0.2) is 29.3 Å². The van der Waals surface area contributed by atoms with Crippen molar-refractivity contribution < 1.29 is 9.47 Å². The quantitative estimate of drug-likeness (QED) is 0.479. The Balaban J connectivity index is 1.99. The zero-order chi connectivity index (χ0) is 21.0. The Morgan fingerprint density at radius 3 is 2.59 bits per heavy atom. The fraction of sp³-hybridized carbons (Fsp3) is 0.273. The van der Waals surface area contributed by atoms with Gasteiger partial charge in [-0.3, -0.25) is 9.48 Å². The Labute approximate surface area is 178 Å². The summed E-state index contributed by atoms with van der Waals surface area (Å²) < 4.78 is 15.4. The van der Waals surface area contributed by atoms with Crippen molar-refractivity contribution in [3.05, 3.63) is 68.5 Å². The highest BCUT2D eigenvalue weighted by atomic mass is 79.9. The Morgan fingerprint density at radius 1 is 1.21 bits per heavy atom. The van der Waals surface area contributed by atoms with Crippen LogP contribution in [0.25, 0.3) is 5.69 Å². The summed E-state index contributed by atoms with van der Waals surface area (Å²) in [5.74, 6) is 1.27. The van der Waals surface area contributed by atoms with Crippen LogP contribution in [0.5, 0.6) is 11.5 Å². The number of aliphatic imine (C=N–C) groups is 1. The SMILES string of the molecule is CCCOc1c(Br)cc(C=Nc2c(C)n(C)n(-c3ccccc3)c2=O)cc1OC. The van der Waals surface area contributed by atoms with Crippen molar-refractivity contribution in [1.82, 2.24) is 9.36 Å². The molecule has 0 aliphatic heterocycles. The average molecular weight is 458 g/mol. The monoisotopic (exact) mass is 457 g/mol. The smallest absolute Gasteiger partial charge is 0.297 e. The van der Waals surface area contributed by atoms with Crippen LogP contribution in [0.4, 0.5) is 5.69 Å². The van der Waals surface area contributed by atoms with Crippen LogP contribution < -0.4 is 15.0 Å². The number of methoxy groups -OCH3 is 1. The number of aromatic nitrogens is 2. The first-order chi connectivity index (χ1) is 14.0. The molecule has 1 aromatic heterocycles. The van der Waals surface area contributed by atoms with E-state index in [4.69, 9.17) is 9.47 Å². The molecular formula is C22H24BrN3O3. The first-order valence-electron chi connectivity index (χ1n) is 9.36. The largest absolute Gasteiger partial charge is 0.493 e. The van der Waals surface area contributed by atoms with Crippen molar-refractivity contribution in [1.29, 1.82) is 0 Å². The van der Waals surface area contributed by atoms with E-state index >= 15 is 0 Å².